The van der Waals surface area contributed by atoms with Crippen LogP contribution in [0.5, 0.6) is 0 Å². The number of hydrogen-bond acceptors (Lipinski definition) is 5. The maximum absolute atomic E-state index is 12.3. The SMILES string of the molecule is CC(C)c1nccc(C(=O)NC[C@H]2CCN(Cc3ccccn3)C2)n1. The molecule has 0 aliphatic carbocycles. The molecule has 1 saturated heterocycles. The number of pyridine rings is 1. The molecule has 0 bridgehead atoms. The van der Waals surface area contributed by atoms with Gasteiger partial charge in [-0.25, -0.2) is 9.97 Å². The Kier molecular flexibility index (Phi) is 5.71. The van der Waals surface area contributed by atoms with Crippen LogP contribution in [0.1, 0.15) is 48.2 Å². The van der Waals surface area contributed by atoms with Gasteiger partial charge < -0.3 is 5.32 Å². The number of nitrogens with zero attached hydrogens (tertiary/aromatic N) is 4. The van der Waals surface area contributed by atoms with E-state index in [1.807, 2.05) is 32.2 Å². The van der Waals surface area contributed by atoms with Crippen molar-refractivity contribution in [2.45, 2.75) is 32.7 Å². The van der Waals surface area contributed by atoms with E-state index in [4.69, 9.17) is 0 Å². The average Bonchev–Trinajstić information content (AvgIpc) is 3.08. The summed E-state index contributed by atoms with van der Waals surface area (Å²) in [6.45, 7) is 7.62. The van der Waals surface area contributed by atoms with Crippen LogP contribution >= 0.6 is 0 Å². The lowest BCUT2D eigenvalue weighted by molar-refractivity contribution is 0.0941. The van der Waals surface area contributed by atoms with Gasteiger partial charge in [0.25, 0.3) is 5.91 Å². The molecule has 3 heterocycles. The van der Waals surface area contributed by atoms with Gasteiger partial charge in [-0.2, -0.15) is 0 Å². The summed E-state index contributed by atoms with van der Waals surface area (Å²) >= 11 is 0. The Balaban J connectivity index is 1.47. The third-order valence-corrected chi connectivity index (χ3v) is 4.46. The number of carbonyl (C=O) groups excluding carboxylic acids is 1. The topological polar surface area (TPSA) is 71.0 Å². The highest BCUT2D eigenvalue weighted by molar-refractivity contribution is 5.92. The maximum Gasteiger partial charge on any atom is 0.270 e. The standard InChI is InChI=1S/C19H25N5O/c1-14(2)18-21-9-6-17(23-18)19(25)22-11-15-7-10-24(12-15)13-16-5-3-4-8-20-16/h3-6,8-9,14-15H,7,10-13H2,1-2H3,(H,22,25)/t15-/m1/s1. The van der Waals surface area contributed by atoms with Gasteiger partial charge in [-0.3, -0.25) is 14.7 Å². The zero-order chi connectivity index (χ0) is 17.6. The highest BCUT2D eigenvalue weighted by atomic mass is 16.1. The molecule has 0 spiro atoms. The number of aromatic nitrogens is 3. The van der Waals surface area contributed by atoms with Crippen molar-refractivity contribution in [3.8, 4) is 0 Å². The molecule has 6 nitrogen and oxygen atoms in total. The fourth-order valence-corrected chi connectivity index (χ4v) is 3.05. The summed E-state index contributed by atoms with van der Waals surface area (Å²) in [5.41, 5.74) is 1.54. The molecule has 3 rings (SSSR count). The third kappa shape index (κ3) is 4.82. The van der Waals surface area contributed by atoms with Crippen molar-refractivity contribution in [3.05, 3.63) is 53.9 Å². The van der Waals surface area contributed by atoms with E-state index in [2.05, 4.69) is 31.2 Å². The van der Waals surface area contributed by atoms with E-state index in [1.165, 1.54) is 0 Å². The zero-order valence-electron chi connectivity index (χ0n) is 14.9. The van der Waals surface area contributed by atoms with Crippen LogP contribution < -0.4 is 5.32 Å². The maximum atomic E-state index is 12.3. The molecular weight excluding hydrogens is 314 g/mol. The fourth-order valence-electron chi connectivity index (χ4n) is 3.05. The van der Waals surface area contributed by atoms with E-state index in [9.17, 15) is 4.79 Å². The number of likely N-dealkylation sites (tertiary alicyclic amines) is 1. The summed E-state index contributed by atoms with van der Waals surface area (Å²) in [6.07, 6.45) is 4.58. The van der Waals surface area contributed by atoms with Crippen molar-refractivity contribution in [1.82, 2.24) is 25.2 Å². The van der Waals surface area contributed by atoms with Gasteiger partial charge in [0.2, 0.25) is 0 Å². The number of hydrogen-bond donors (Lipinski definition) is 1. The van der Waals surface area contributed by atoms with Crippen LogP contribution in [0.25, 0.3) is 0 Å². The van der Waals surface area contributed by atoms with Crippen LogP contribution in [-0.4, -0.2) is 45.4 Å². The monoisotopic (exact) mass is 339 g/mol. The molecule has 1 aliphatic rings. The van der Waals surface area contributed by atoms with Gasteiger partial charge in [0.05, 0.1) is 5.69 Å². The Morgan fingerprint density at radius 1 is 1.28 bits per heavy atom. The van der Waals surface area contributed by atoms with Gasteiger partial charge in [0, 0.05) is 37.9 Å². The highest BCUT2D eigenvalue weighted by Crippen LogP contribution is 2.17. The first-order valence-electron chi connectivity index (χ1n) is 8.85. The number of nitrogens with one attached hydrogen (secondary N) is 1. The largest absolute Gasteiger partial charge is 0.350 e. The van der Waals surface area contributed by atoms with Crippen molar-refractivity contribution in [2.24, 2.45) is 5.92 Å². The Morgan fingerprint density at radius 2 is 2.16 bits per heavy atom. The predicted octanol–water partition coefficient (Wildman–Crippen LogP) is 2.25. The molecule has 1 N–H and O–H groups in total. The predicted molar refractivity (Wildman–Crippen MR) is 96.1 cm³/mol. The van der Waals surface area contributed by atoms with Gasteiger partial charge in [0.1, 0.15) is 11.5 Å². The molecule has 132 valence electrons. The van der Waals surface area contributed by atoms with Crippen LogP contribution in [0.3, 0.4) is 0 Å². The van der Waals surface area contributed by atoms with Crippen LogP contribution in [0.4, 0.5) is 0 Å². The van der Waals surface area contributed by atoms with Crippen molar-refractivity contribution in [3.63, 3.8) is 0 Å². The second-order valence-electron chi connectivity index (χ2n) is 6.88. The van der Waals surface area contributed by atoms with E-state index in [-0.39, 0.29) is 11.8 Å². The van der Waals surface area contributed by atoms with Crippen molar-refractivity contribution < 1.29 is 4.79 Å². The molecule has 2 aromatic rings. The van der Waals surface area contributed by atoms with Gasteiger partial charge in [-0.1, -0.05) is 19.9 Å². The first-order valence-corrected chi connectivity index (χ1v) is 8.85. The summed E-state index contributed by atoms with van der Waals surface area (Å²) in [4.78, 5) is 27.6. The smallest absolute Gasteiger partial charge is 0.270 e. The summed E-state index contributed by atoms with van der Waals surface area (Å²) in [5.74, 6) is 1.27. The summed E-state index contributed by atoms with van der Waals surface area (Å²) in [7, 11) is 0. The third-order valence-electron chi connectivity index (χ3n) is 4.46. The van der Waals surface area contributed by atoms with E-state index >= 15 is 0 Å². The lowest BCUT2D eigenvalue weighted by Crippen LogP contribution is -2.31. The summed E-state index contributed by atoms with van der Waals surface area (Å²) < 4.78 is 0. The van der Waals surface area contributed by atoms with Crippen LogP contribution in [-0.2, 0) is 6.54 Å². The lowest BCUT2D eigenvalue weighted by atomic mass is 10.1. The lowest BCUT2D eigenvalue weighted by Gasteiger charge is -2.16. The van der Waals surface area contributed by atoms with Crippen molar-refractivity contribution in [2.75, 3.05) is 19.6 Å². The van der Waals surface area contributed by atoms with E-state index in [0.29, 0.717) is 24.0 Å². The van der Waals surface area contributed by atoms with Gasteiger partial charge in [-0.15, -0.1) is 0 Å². The van der Waals surface area contributed by atoms with E-state index < -0.39 is 0 Å². The normalized spacial score (nSPS) is 17.8. The molecule has 1 aliphatic heterocycles. The molecule has 6 heteroatoms. The number of rotatable bonds is 6. The highest BCUT2D eigenvalue weighted by Gasteiger charge is 2.23. The van der Waals surface area contributed by atoms with Crippen LogP contribution in [0, 0.1) is 5.92 Å². The quantitative estimate of drug-likeness (QED) is 0.874. The first kappa shape index (κ1) is 17.5. The van der Waals surface area contributed by atoms with Crippen molar-refractivity contribution in [1.29, 1.82) is 0 Å². The first-order chi connectivity index (χ1) is 12.1. The van der Waals surface area contributed by atoms with E-state index in [0.717, 1.165) is 31.7 Å². The molecule has 1 fully saturated rings. The Bertz CT molecular complexity index is 704. The number of carbonyl (C=O) groups is 1. The molecule has 25 heavy (non-hydrogen) atoms. The summed E-state index contributed by atoms with van der Waals surface area (Å²) in [6, 6.07) is 7.67. The number of amides is 1. The molecule has 1 amide bonds. The molecule has 0 radical (unpaired) electrons. The Morgan fingerprint density at radius 3 is 2.92 bits per heavy atom. The molecule has 0 aromatic carbocycles. The average molecular weight is 339 g/mol. The van der Waals surface area contributed by atoms with Gasteiger partial charge in [-0.05, 0) is 37.1 Å². The summed E-state index contributed by atoms with van der Waals surface area (Å²) in [5, 5.41) is 3.02. The minimum Gasteiger partial charge on any atom is -0.350 e. The molecule has 0 saturated carbocycles. The second-order valence-corrected chi connectivity index (χ2v) is 6.88. The zero-order valence-corrected chi connectivity index (χ0v) is 14.9. The van der Waals surface area contributed by atoms with E-state index in [1.54, 1.807) is 12.3 Å². The second kappa shape index (κ2) is 8.16. The van der Waals surface area contributed by atoms with Gasteiger partial charge in [0.15, 0.2) is 0 Å². The van der Waals surface area contributed by atoms with Crippen LogP contribution in [0.15, 0.2) is 36.7 Å². The molecular formula is C19H25N5O. The molecule has 2 aromatic heterocycles. The van der Waals surface area contributed by atoms with Crippen molar-refractivity contribution >= 4 is 5.91 Å². The minimum absolute atomic E-state index is 0.118. The Hall–Kier alpha value is -2.34. The van der Waals surface area contributed by atoms with Gasteiger partial charge >= 0.3 is 0 Å². The minimum atomic E-state index is -0.118. The fraction of sp³-hybridized carbons (Fsp3) is 0.474. The van der Waals surface area contributed by atoms with Crippen LogP contribution in [0.2, 0.25) is 0 Å². The Labute approximate surface area is 148 Å². The molecule has 1 atom stereocenters. The molecule has 0 unspecified atom stereocenters.